The Kier molecular flexibility index (Phi) is 3.87. The Morgan fingerprint density at radius 3 is 2.76 bits per heavy atom. The molecule has 0 fully saturated rings. The van der Waals surface area contributed by atoms with Crippen molar-refractivity contribution in [1.29, 1.82) is 0 Å². The molecule has 1 aliphatic heterocycles. The Bertz CT molecular complexity index is 677. The van der Waals surface area contributed by atoms with Crippen molar-refractivity contribution >= 4 is 15.9 Å². The number of methoxy groups -OCH3 is 1. The van der Waals surface area contributed by atoms with E-state index >= 15 is 0 Å². The summed E-state index contributed by atoms with van der Waals surface area (Å²) < 4.78 is 25.1. The van der Waals surface area contributed by atoms with E-state index in [-0.39, 0.29) is 18.0 Å². The maximum absolute atomic E-state index is 13.2. The van der Waals surface area contributed by atoms with E-state index in [1.165, 1.54) is 12.1 Å². The number of rotatable bonds is 2. The van der Waals surface area contributed by atoms with Crippen molar-refractivity contribution in [3.05, 3.63) is 57.8 Å². The number of nitrogens with two attached hydrogens (primary N) is 1. The zero-order valence-corrected chi connectivity index (χ0v) is 13.1. The molecule has 1 heterocycles. The molecule has 0 aromatic heterocycles. The molecule has 110 valence electrons. The molecule has 1 aliphatic rings. The van der Waals surface area contributed by atoms with Crippen LogP contribution in [0.4, 0.5) is 4.39 Å². The van der Waals surface area contributed by atoms with E-state index in [9.17, 15) is 4.39 Å². The first-order valence-corrected chi connectivity index (χ1v) is 7.43. The Labute approximate surface area is 131 Å². The van der Waals surface area contributed by atoms with Gasteiger partial charge in [0.25, 0.3) is 0 Å². The summed E-state index contributed by atoms with van der Waals surface area (Å²) in [5, 5.41) is 0. The second-order valence-corrected chi connectivity index (χ2v) is 5.87. The summed E-state index contributed by atoms with van der Waals surface area (Å²) in [7, 11) is 1.62. The van der Waals surface area contributed by atoms with E-state index in [0.29, 0.717) is 10.9 Å². The summed E-state index contributed by atoms with van der Waals surface area (Å²) in [6.45, 7) is 0. The standard InChI is InChI=1S/C16H15BrFNO2/c1-20-10-3-5-15-12(7-10)14(19)8-16(21-15)11-4-2-9(18)6-13(11)17/h2-7,14,16H,8,19H2,1H3. The van der Waals surface area contributed by atoms with Crippen molar-refractivity contribution in [2.45, 2.75) is 18.6 Å². The number of fused-ring (bicyclic) bond motifs is 1. The van der Waals surface area contributed by atoms with E-state index < -0.39 is 0 Å². The van der Waals surface area contributed by atoms with Gasteiger partial charge in [-0.25, -0.2) is 4.39 Å². The second-order valence-electron chi connectivity index (χ2n) is 5.02. The quantitative estimate of drug-likeness (QED) is 0.884. The Hall–Kier alpha value is -1.59. The fourth-order valence-electron chi connectivity index (χ4n) is 2.56. The molecule has 5 heteroatoms. The van der Waals surface area contributed by atoms with Crippen molar-refractivity contribution in [3.8, 4) is 11.5 Å². The van der Waals surface area contributed by atoms with E-state index in [4.69, 9.17) is 15.2 Å². The fourth-order valence-corrected chi connectivity index (χ4v) is 3.17. The van der Waals surface area contributed by atoms with Crippen LogP contribution in [-0.2, 0) is 0 Å². The van der Waals surface area contributed by atoms with E-state index in [2.05, 4.69) is 15.9 Å². The van der Waals surface area contributed by atoms with E-state index in [1.54, 1.807) is 13.2 Å². The molecule has 2 unspecified atom stereocenters. The first-order chi connectivity index (χ1) is 10.1. The highest BCUT2D eigenvalue weighted by atomic mass is 79.9. The first-order valence-electron chi connectivity index (χ1n) is 6.63. The van der Waals surface area contributed by atoms with E-state index in [0.717, 1.165) is 22.6 Å². The molecule has 3 nitrogen and oxygen atoms in total. The van der Waals surface area contributed by atoms with Crippen LogP contribution < -0.4 is 15.2 Å². The molecule has 0 spiro atoms. The molecule has 0 saturated heterocycles. The minimum Gasteiger partial charge on any atom is -0.497 e. The van der Waals surface area contributed by atoms with Gasteiger partial charge in [0.2, 0.25) is 0 Å². The van der Waals surface area contributed by atoms with Crippen LogP contribution in [0.3, 0.4) is 0 Å². The zero-order valence-electron chi connectivity index (χ0n) is 11.5. The third kappa shape index (κ3) is 2.76. The molecule has 3 rings (SSSR count). The summed E-state index contributed by atoms with van der Waals surface area (Å²) in [6.07, 6.45) is 0.431. The van der Waals surface area contributed by atoms with Crippen LogP contribution in [0.15, 0.2) is 40.9 Å². The van der Waals surface area contributed by atoms with Gasteiger partial charge in [-0.1, -0.05) is 22.0 Å². The van der Waals surface area contributed by atoms with Crippen molar-refractivity contribution in [3.63, 3.8) is 0 Å². The summed E-state index contributed by atoms with van der Waals surface area (Å²) >= 11 is 3.38. The van der Waals surface area contributed by atoms with Crippen LogP contribution in [0.5, 0.6) is 11.5 Å². The lowest BCUT2D eigenvalue weighted by molar-refractivity contribution is 0.160. The molecule has 2 atom stereocenters. The van der Waals surface area contributed by atoms with Gasteiger partial charge in [0.1, 0.15) is 23.4 Å². The lowest BCUT2D eigenvalue weighted by Crippen LogP contribution is -2.24. The minimum atomic E-state index is -0.282. The summed E-state index contributed by atoms with van der Waals surface area (Å²) in [4.78, 5) is 0. The van der Waals surface area contributed by atoms with Gasteiger partial charge in [0, 0.05) is 28.1 Å². The average Bonchev–Trinajstić information content (AvgIpc) is 2.47. The van der Waals surface area contributed by atoms with Crippen LogP contribution in [-0.4, -0.2) is 7.11 Å². The largest absolute Gasteiger partial charge is 0.497 e. The van der Waals surface area contributed by atoms with Gasteiger partial charge in [0.15, 0.2) is 0 Å². The van der Waals surface area contributed by atoms with Gasteiger partial charge in [-0.3, -0.25) is 0 Å². The predicted octanol–water partition coefficient (Wildman–Crippen LogP) is 4.12. The molecule has 0 aliphatic carbocycles. The normalized spacial score (nSPS) is 20.6. The van der Waals surface area contributed by atoms with Gasteiger partial charge in [-0.2, -0.15) is 0 Å². The van der Waals surface area contributed by atoms with Gasteiger partial charge in [-0.05, 0) is 30.3 Å². The number of hydrogen-bond donors (Lipinski definition) is 1. The number of hydrogen-bond acceptors (Lipinski definition) is 3. The topological polar surface area (TPSA) is 44.5 Å². The Balaban J connectivity index is 1.94. The van der Waals surface area contributed by atoms with Gasteiger partial charge >= 0.3 is 0 Å². The van der Waals surface area contributed by atoms with Gasteiger partial charge in [0.05, 0.1) is 7.11 Å². The molecular weight excluding hydrogens is 337 g/mol. The Morgan fingerprint density at radius 2 is 2.05 bits per heavy atom. The van der Waals surface area contributed by atoms with Crippen LogP contribution in [0.2, 0.25) is 0 Å². The van der Waals surface area contributed by atoms with Crippen molar-refractivity contribution < 1.29 is 13.9 Å². The summed E-state index contributed by atoms with van der Waals surface area (Å²) in [6, 6.07) is 10.0. The molecule has 2 aromatic rings. The fraction of sp³-hybridized carbons (Fsp3) is 0.250. The molecular formula is C16H15BrFNO2. The van der Waals surface area contributed by atoms with Crippen molar-refractivity contribution in [2.24, 2.45) is 5.73 Å². The van der Waals surface area contributed by atoms with Crippen LogP contribution in [0.25, 0.3) is 0 Å². The van der Waals surface area contributed by atoms with Crippen molar-refractivity contribution in [1.82, 2.24) is 0 Å². The summed E-state index contributed by atoms with van der Waals surface area (Å²) in [5.74, 6) is 1.22. The molecule has 0 bridgehead atoms. The number of halogens is 2. The Morgan fingerprint density at radius 1 is 1.24 bits per heavy atom. The SMILES string of the molecule is COc1ccc2c(c1)C(N)CC(c1ccc(F)cc1Br)O2. The molecule has 0 radical (unpaired) electrons. The summed E-state index contributed by atoms with van der Waals surface area (Å²) in [5.41, 5.74) is 8.08. The molecule has 2 N–H and O–H groups in total. The maximum Gasteiger partial charge on any atom is 0.127 e. The van der Waals surface area contributed by atoms with Crippen LogP contribution >= 0.6 is 15.9 Å². The van der Waals surface area contributed by atoms with Crippen LogP contribution in [0.1, 0.15) is 29.7 Å². The molecule has 2 aromatic carbocycles. The highest BCUT2D eigenvalue weighted by molar-refractivity contribution is 9.10. The van der Waals surface area contributed by atoms with Gasteiger partial charge < -0.3 is 15.2 Å². The third-order valence-corrected chi connectivity index (χ3v) is 4.35. The van der Waals surface area contributed by atoms with Crippen molar-refractivity contribution in [2.75, 3.05) is 7.11 Å². The lowest BCUT2D eigenvalue weighted by atomic mass is 9.93. The number of benzene rings is 2. The highest BCUT2D eigenvalue weighted by Gasteiger charge is 2.28. The van der Waals surface area contributed by atoms with Crippen LogP contribution in [0, 0.1) is 5.82 Å². The molecule has 0 saturated carbocycles. The monoisotopic (exact) mass is 351 g/mol. The smallest absolute Gasteiger partial charge is 0.127 e. The second kappa shape index (κ2) is 5.66. The maximum atomic E-state index is 13.2. The molecule has 21 heavy (non-hydrogen) atoms. The lowest BCUT2D eigenvalue weighted by Gasteiger charge is -2.31. The predicted molar refractivity (Wildman–Crippen MR) is 82.0 cm³/mol. The first kappa shape index (κ1) is 14.4. The zero-order chi connectivity index (χ0) is 15.0. The number of ether oxygens (including phenoxy) is 2. The third-order valence-electron chi connectivity index (χ3n) is 3.66. The average molecular weight is 352 g/mol. The highest BCUT2D eigenvalue weighted by Crippen LogP contribution is 2.42. The minimum absolute atomic E-state index is 0.147. The van der Waals surface area contributed by atoms with E-state index in [1.807, 2.05) is 18.2 Å². The molecule has 0 amide bonds. The van der Waals surface area contributed by atoms with Gasteiger partial charge in [-0.15, -0.1) is 0 Å².